The monoisotopic (exact) mass is 264 g/mol. The molecule has 1 aromatic rings. The van der Waals surface area contributed by atoms with Gasteiger partial charge in [0.1, 0.15) is 0 Å². The van der Waals surface area contributed by atoms with Crippen molar-refractivity contribution < 1.29 is 0 Å². The second kappa shape index (κ2) is 6.54. The van der Waals surface area contributed by atoms with Gasteiger partial charge in [0.15, 0.2) is 0 Å². The van der Waals surface area contributed by atoms with Gasteiger partial charge in [-0.1, -0.05) is 25.7 Å². The largest absolute Gasteiger partial charge is 0.357 e. The summed E-state index contributed by atoms with van der Waals surface area (Å²) in [6.45, 7) is 0. The van der Waals surface area contributed by atoms with Gasteiger partial charge in [0.05, 0.1) is 0 Å². The first kappa shape index (κ1) is 13.8. The first-order valence-electron chi connectivity index (χ1n) is 7.06. The summed E-state index contributed by atoms with van der Waals surface area (Å²) in [5, 5.41) is 6.45. The summed E-state index contributed by atoms with van der Waals surface area (Å²) in [5.41, 5.74) is 0. The summed E-state index contributed by atoms with van der Waals surface area (Å²) in [4.78, 5) is 15.1. The molecule has 1 fully saturated rings. The van der Waals surface area contributed by atoms with Gasteiger partial charge in [-0.25, -0.2) is 0 Å². The van der Waals surface area contributed by atoms with E-state index < -0.39 is 0 Å². The minimum absolute atomic E-state index is 0.490. The molecule has 0 atom stereocenters. The third-order valence-corrected chi connectivity index (χ3v) is 3.44. The fraction of sp³-hybridized carbons (Fsp3) is 0.769. The average molecular weight is 264 g/mol. The quantitative estimate of drug-likeness (QED) is 0.812. The van der Waals surface area contributed by atoms with Crippen LogP contribution in [0.1, 0.15) is 38.5 Å². The van der Waals surface area contributed by atoms with Gasteiger partial charge in [-0.2, -0.15) is 15.0 Å². The van der Waals surface area contributed by atoms with Crippen LogP contribution < -0.4 is 15.5 Å². The van der Waals surface area contributed by atoms with Crippen molar-refractivity contribution in [3.8, 4) is 0 Å². The second-order valence-corrected chi connectivity index (χ2v) is 5.26. The van der Waals surface area contributed by atoms with Crippen LogP contribution in [0.2, 0.25) is 0 Å². The number of nitrogens with one attached hydrogen (secondary N) is 2. The van der Waals surface area contributed by atoms with Crippen molar-refractivity contribution in [2.45, 2.75) is 44.6 Å². The summed E-state index contributed by atoms with van der Waals surface area (Å²) in [6, 6.07) is 0.490. The molecule has 0 bridgehead atoms. The molecule has 1 aliphatic carbocycles. The molecule has 0 aliphatic heterocycles. The van der Waals surface area contributed by atoms with Crippen LogP contribution in [0.5, 0.6) is 0 Å². The molecule has 0 unspecified atom stereocenters. The van der Waals surface area contributed by atoms with Crippen LogP contribution in [0.3, 0.4) is 0 Å². The Morgan fingerprint density at radius 2 is 1.58 bits per heavy atom. The molecule has 6 heteroatoms. The van der Waals surface area contributed by atoms with Crippen LogP contribution in [0, 0.1) is 0 Å². The third kappa shape index (κ3) is 3.94. The van der Waals surface area contributed by atoms with E-state index in [1.165, 1.54) is 38.5 Å². The second-order valence-electron chi connectivity index (χ2n) is 5.26. The molecule has 19 heavy (non-hydrogen) atoms. The van der Waals surface area contributed by atoms with E-state index in [2.05, 4.69) is 25.6 Å². The lowest BCUT2D eigenvalue weighted by atomic mass is 10.1. The van der Waals surface area contributed by atoms with Crippen molar-refractivity contribution in [1.29, 1.82) is 0 Å². The van der Waals surface area contributed by atoms with Crippen LogP contribution in [-0.4, -0.2) is 42.1 Å². The normalized spacial score (nSPS) is 16.8. The maximum absolute atomic E-state index is 4.46. The zero-order valence-corrected chi connectivity index (χ0v) is 12.1. The van der Waals surface area contributed by atoms with Crippen LogP contribution in [-0.2, 0) is 0 Å². The molecule has 2 N–H and O–H groups in total. The minimum atomic E-state index is 0.490. The topological polar surface area (TPSA) is 66.0 Å². The summed E-state index contributed by atoms with van der Waals surface area (Å²) in [7, 11) is 5.69. The average Bonchev–Trinajstić information content (AvgIpc) is 2.67. The van der Waals surface area contributed by atoms with Gasteiger partial charge in [0.25, 0.3) is 0 Å². The lowest BCUT2D eigenvalue weighted by molar-refractivity contribution is 0.614. The third-order valence-electron chi connectivity index (χ3n) is 3.44. The Hall–Kier alpha value is -1.59. The Bertz CT molecular complexity index is 398. The number of aromatic nitrogens is 3. The predicted octanol–water partition coefficient (Wildman–Crippen LogP) is 2.11. The van der Waals surface area contributed by atoms with Gasteiger partial charge < -0.3 is 15.5 Å². The van der Waals surface area contributed by atoms with Crippen molar-refractivity contribution >= 4 is 17.8 Å². The van der Waals surface area contributed by atoms with E-state index in [1.54, 1.807) is 0 Å². The Kier molecular flexibility index (Phi) is 4.76. The maximum Gasteiger partial charge on any atom is 0.231 e. The van der Waals surface area contributed by atoms with Gasteiger partial charge in [-0.3, -0.25) is 0 Å². The van der Waals surface area contributed by atoms with Crippen molar-refractivity contribution in [1.82, 2.24) is 15.0 Å². The maximum atomic E-state index is 4.46. The molecular formula is C13H24N6. The molecule has 0 radical (unpaired) electrons. The number of anilines is 3. The van der Waals surface area contributed by atoms with Crippen molar-refractivity contribution in [3.63, 3.8) is 0 Å². The number of hydrogen-bond donors (Lipinski definition) is 2. The Morgan fingerprint density at radius 1 is 0.947 bits per heavy atom. The molecular weight excluding hydrogens is 240 g/mol. The fourth-order valence-electron chi connectivity index (χ4n) is 2.35. The van der Waals surface area contributed by atoms with E-state index in [1.807, 2.05) is 26.0 Å². The van der Waals surface area contributed by atoms with Gasteiger partial charge in [-0.15, -0.1) is 0 Å². The van der Waals surface area contributed by atoms with E-state index in [0.29, 0.717) is 23.9 Å². The van der Waals surface area contributed by atoms with Gasteiger partial charge in [0, 0.05) is 27.2 Å². The zero-order chi connectivity index (χ0) is 13.7. The Labute approximate surface area is 115 Å². The Balaban J connectivity index is 2.11. The highest BCUT2D eigenvalue weighted by molar-refractivity contribution is 5.43. The van der Waals surface area contributed by atoms with Gasteiger partial charge in [0.2, 0.25) is 17.8 Å². The standard InChI is InChI=1S/C13H24N6/c1-14-11-16-12(18-13(17-11)19(2)3)15-10-8-6-4-5-7-9-10/h10H,4-9H2,1-3H3,(H2,14,15,16,17,18). The van der Waals surface area contributed by atoms with E-state index in [9.17, 15) is 0 Å². The highest BCUT2D eigenvalue weighted by Crippen LogP contribution is 2.20. The summed E-state index contributed by atoms with van der Waals surface area (Å²) in [5.74, 6) is 1.96. The van der Waals surface area contributed by atoms with Crippen LogP contribution in [0.15, 0.2) is 0 Å². The van der Waals surface area contributed by atoms with Crippen molar-refractivity contribution in [2.75, 3.05) is 36.7 Å². The molecule has 2 rings (SSSR count). The van der Waals surface area contributed by atoms with E-state index in [4.69, 9.17) is 0 Å². The van der Waals surface area contributed by atoms with Gasteiger partial charge >= 0.3 is 0 Å². The summed E-state index contributed by atoms with van der Waals surface area (Å²) in [6.07, 6.45) is 7.69. The SMILES string of the molecule is CNc1nc(NC2CCCCCC2)nc(N(C)C)n1. The number of rotatable bonds is 4. The molecule has 1 aromatic heterocycles. The molecule has 0 aromatic carbocycles. The van der Waals surface area contributed by atoms with E-state index in [0.717, 1.165) is 0 Å². The number of hydrogen-bond acceptors (Lipinski definition) is 6. The smallest absolute Gasteiger partial charge is 0.231 e. The summed E-state index contributed by atoms with van der Waals surface area (Å²) >= 11 is 0. The lowest BCUT2D eigenvalue weighted by Crippen LogP contribution is -2.22. The predicted molar refractivity (Wildman–Crippen MR) is 78.8 cm³/mol. The fourth-order valence-corrected chi connectivity index (χ4v) is 2.35. The summed E-state index contributed by atoms with van der Waals surface area (Å²) < 4.78 is 0. The van der Waals surface area contributed by atoms with Crippen LogP contribution in [0.25, 0.3) is 0 Å². The molecule has 6 nitrogen and oxygen atoms in total. The van der Waals surface area contributed by atoms with Crippen LogP contribution in [0.4, 0.5) is 17.8 Å². The minimum Gasteiger partial charge on any atom is -0.357 e. The first-order valence-corrected chi connectivity index (χ1v) is 7.06. The molecule has 0 amide bonds. The van der Waals surface area contributed by atoms with Crippen LogP contribution >= 0.6 is 0 Å². The van der Waals surface area contributed by atoms with Crippen molar-refractivity contribution in [3.05, 3.63) is 0 Å². The molecule has 0 saturated heterocycles. The molecule has 1 heterocycles. The highest BCUT2D eigenvalue weighted by atomic mass is 15.3. The Morgan fingerprint density at radius 3 is 2.16 bits per heavy atom. The van der Waals surface area contributed by atoms with Gasteiger partial charge in [-0.05, 0) is 12.8 Å². The van der Waals surface area contributed by atoms with Crippen molar-refractivity contribution in [2.24, 2.45) is 0 Å². The highest BCUT2D eigenvalue weighted by Gasteiger charge is 2.14. The lowest BCUT2D eigenvalue weighted by Gasteiger charge is -2.18. The number of nitrogens with zero attached hydrogens (tertiary/aromatic N) is 4. The molecule has 1 aliphatic rings. The molecule has 106 valence electrons. The van der Waals surface area contributed by atoms with E-state index in [-0.39, 0.29) is 0 Å². The molecule has 1 saturated carbocycles. The zero-order valence-electron chi connectivity index (χ0n) is 12.1. The molecule has 0 spiro atoms. The van der Waals surface area contributed by atoms with E-state index >= 15 is 0 Å². The first-order chi connectivity index (χ1) is 9.19.